The zero-order chi connectivity index (χ0) is 26.1. The van der Waals surface area contributed by atoms with E-state index in [1.165, 1.54) is 19.2 Å². The first-order chi connectivity index (χ1) is 17.8. The van der Waals surface area contributed by atoms with Gasteiger partial charge in [0, 0.05) is 24.9 Å². The number of aryl methyl sites for hydroxylation is 2. The number of nitrogens with zero attached hydrogens (tertiary/aromatic N) is 2. The van der Waals surface area contributed by atoms with Crippen molar-refractivity contribution >= 4 is 40.3 Å². The fourth-order valence-electron chi connectivity index (χ4n) is 4.25. The second-order valence-electron chi connectivity index (χ2n) is 8.49. The van der Waals surface area contributed by atoms with Gasteiger partial charge in [0.05, 0.1) is 39.7 Å². The maximum Gasteiger partial charge on any atom is 0.310 e. The van der Waals surface area contributed by atoms with Crippen LogP contribution in [0, 0.1) is 10.1 Å². The van der Waals surface area contributed by atoms with Gasteiger partial charge in [0.25, 0.3) is 11.5 Å². The monoisotopic (exact) mass is 516 g/mol. The summed E-state index contributed by atoms with van der Waals surface area (Å²) < 4.78 is 6.74. The minimum absolute atomic E-state index is 0.122. The quantitative estimate of drug-likeness (QED) is 0.253. The van der Waals surface area contributed by atoms with Crippen LogP contribution in [0.1, 0.15) is 15.9 Å². The molecule has 0 fully saturated rings. The van der Waals surface area contributed by atoms with E-state index >= 15 is 0 Å². The molecule has 1 aliphatic rings. The smallest absolute Gasteiger partial charge is 0.310 e. The van der Waals surface area contributed by atoms with E-state index in [1.54, 1.807) is 41.1 Å². The van der Waals surface area contributed by atoms with Gasteiger partial charge in [-0.1, -0.05) is 23.7 Å². The Hall–Kier alpha value is -4.63. The summed E-state index contributed by atoms with van der Waals surface area (Å²) in [4.78, 5) is 35.8. The summed E-state index contributed by atoms with van der Waals surface area (Å²) in [6, 6.07) is 18.6. The van der Waals surface area contributed by atoms with E-state index in [1.807, 2.05) is 24.3 Å². The summed E-state index contributed by atoms with van der Waals surface area (Å²) in [6.45, 7) is 0.446. The molecule has 10 heteroatoms. The molecule has 2 N–H and O–H groups in total. The molecule has 0 unspecified atom stereocenters. The lowest BCUT2D eigenvalue weighted by atomic mass is 10.0. The molecule has 2 heterocycles. The van der Waals surface area contributed by atoms with Crippen LogP contribution in [0.25, 0.3) is 11.1 Å². The van der Waals surface area contributed by atoms with E-state index in [4.69, 9.17) is 16.3 Å². The van der Waals surface area contributed by atoms with E-state index in [0.29, 0.717) is 46.2 Å². The molecule has 5 rings (SSSR count). The van der Waals surface area contributed by atoms with Crippen molar-refractivity contribution in [1.29, 1.82) is 0 Å². The third-order valence-corrected chi connectivity index (χ3v) is 6.39. The summed E-state index contributed by atoms with van der Waals surface area (Å²) in [6.07, 6.45) is 2.17. The Bertz CT molecular complexity index is 1620. The van der Waals surface area contributed by atoms with Gasteiger partial charge in [-0.05, 0) is 65.6 Å². The molecular formula is C27H21ClN4O5. The number of benzene rings is 3. The number of halogens is 1. The fourth-order valence-corrected chi connectivity index (χ4v) is 4.43. The molecule has 0 atom stereocenters. The largest absolute Gasteiger partial charge is 0.490 e. The highest BCUT2D eigenvalue weighted by Crippen LogP contribution is 2.37. The van der Waals surface area contributed by atoms with Crippen LogP contribution < -0.4 is 20.9 Å². The van der Waals surface area contributed by atoms with Crippen LogP contribution in [0.5, 0.6) is 5.75 Å². The zero-order valence-electron chi connectivity index (χ0n) is 19.7. The van der Waals surface area contributed by atoms with Crippen LogP contribution >= 0.6 is 11.6 Å². The average Bonchev–Trinajstić information content (AvgIpc) is 3.03. The van der Waals surface area contributed by atoms with Gasteiger partial charge in [-0.3, -0.25) is 19.7 Å². The van der Waals surface area contributed by atoms with Gasteiger partial charge in [-0.25, -0.2) is 0 Å². The number of carbonyl (C=O) groups is 1. The number of hydrogen-bond donors (Lipinski definition) is 2. The summed E-state index contributed by atoms with van der Waals surface area (Å²) in [5, 5.41) is 18.0. The molecule has 3 aromatic carbocycles. The van der Waals surface area contributed by atoms with Crippen LogP contribution in [-0.4, -0.2) is 22.5 Å². The van der Waals surface area contributed by atoms with Crippen molar-refractivity contribution in [3.8, 4) is 16.9 Å². The van der Waals surface area contributed by atoms with Gasteiger partial charge < -0.3 is 19.9 Å². The molecule has 0 bridgehead atoms. The number of amides is 1. The summed E-state index contributed by atoms with van der Waals surface area (Å²) in [5.74, 6) is -0.113. The molecule has 0 spiro atoms. The first-order valence-electron chi connectivity index (χ1n) is 11.4. The number of fused-ring (bicyclic) bond motifs is 2. The molecule has 0 saturated heterocycles. The number of nitro groups is 1. The third kappa shape index (κ3) is 4.89. The second kappa shape index (κ2) is 9.79. The molecule has 1 amide bonds. The highest BCUT2D eigenvalue weighted by Gasteiger charge is 2.21. The highest BCUT2D eigenvalue weighted by molar-refractivity contribution is 6.30. The molecule has 1 aromatic heterocycles. The van der Waals surface area contributed by atoms with Gasteiger partial charge in [-0.2, -0.15) is 0 Å². The van der Waals surface area contributed by atoms with Gasteiger partial charge in [0.2, 0.25) is 0 Å². The van der Waals surface area contributed by atoms with Crippen LogP contribution in [0.4, 0.5) is 22.7 Å². The fraction of sp³-hybridized carbons (Fsp3) is 0.111. The van der Waals surface area contributed by atoms with Crippen molar-refractivity contribution in [1.82, 2.24) is 4.57 Å². The standard InChI is InChI=1S/C27H21ClN4O5/c1-37-25-14-18(4-8-24(25)32(35)36)17-3-6-20-22(13-17)29-21-7-2-16(12-23(21)30-27(20)34)10-11-31-15-19(28)5-9-26(31)33/h2-9,12-15,29H,10-11H2,1H3,(H,30,34). The van der Waals surface area contributed by atoms with E-state index in [9.17, 15) is 19.7 Å². The summed E-state index contributed by atoms with van der Waals surface area (Å²) >= 11 is 6.01. The van der Waals surface area contributed by atoms with Gasteiger partial charge in [0.15, 0.2) is 5.75 Å². The molecular weight excluding hydrogens is 496 g/mol. The summed E-state index contributed by atoms with van der Waals surface area (Å²) in [5.41, 5.74) is 4.56. The molecule has 9 nitrogen and oxygen atoms in total. The first kappa shape index (κ1) is 24.1. The number of carbonyl (C=O) groups excluding carboxylic acids is 1. The number of pyridine rings is 1. The van der Waals surface area contributed by atoms with Gasteiger partial charge >= 0.3 is 5.69 Å². The van der Waals surface area contributed by atoms with E-state index < -0.39 is 4.92 Å². The normalized spacial score (nSPS) is 12.0. The SMILES string of the molecule is COc1cc(-c2ccc3c(c2)Nc2ccc(CCn4cc(Cl)ccc4=O)cc2NC3=O)ccc1[N+](=O)[O-]. The van der Waals surface area contributed by atoms with Crippen molar-refractivity contribution in [2.45, 2.75) is 13.0 Å². The maximum atomic E-state index is 13.0. The van der Waals surface area contributed by atoms with Crippen LogP contribution in [0.15, 0.2) is 77.7 Å². The lowest BCUT2D eigenvalue weighted by molar-refractivity contribution is -0.385. The molecule has 0 radical (unpaired) electrons. The minimum atomic E-state index is -0.496. The maximum absolute atomic E-state index is 13.0. The molecule has 0 aliphatic carbocycles. The van der Waals surface area contributed by atoms with E-state index in [2.05, 4.69) is 10.6 Å². The van der Waals surface area contributed by atoms with Gasteiger partial charge in [0.1, 0.15) is 0 Å². The first-order valence-corrected chi connectivity index (χ1v) is 11.7. The molecule has 37 heavy (non-hydrogen) atoms. The number of aromatic nitrogens is 1. The van der Waals surface area contributed by atoms with E-state index in [0.717, 1.165) is 11.1 Å². The molecule has 186 valence electrons. The Morgan fingerprint density at radius 3 is 2.49 bits per heavy atom. The Kier molecular flexibility index (Phi) is 6.37. The Labute approximate surface area is 216 Å². The zero-order valence-corrected chi connectivity index (χ0v) is 20.4. The number of hydrogen-bond acceptors (Lipinski definition) is 6. The number of ether oxygens (including phenoxy) is 1. The number of rotatable bonds is 6. The van der Waals surface area contributed by atoms with Crippen molar-refractivity contribution < 1.29 is 14.5 Å². The number of methoxy groups -OCH3 is 1. The van der Waals surface area contributed by atoms with Crippen LogP contribution in [0.2, 0.25) is 5.02 Å². The Morgan fingerprint density at radius 1 is 0.919 bits per heavy atom. The lowest BCUT2D eigenvalue weighted by Crippen LogP contribution is -2.19. The van der Waals surface area contributed by atoms with Crippen molar-refractivity contribution in [3.05, 3.63) is 110 Å². The average molecular weight is 517 g/mol. The van der Waals surface area contributed by atoms with Gasteiger partial charge in [-0.15, -0.1) is 0 Å². The topological polar surface area (TPSA) is 116 Å². The van der Waals surface area contributed by atoms with Crippen LogP contribution in [-0.2, 0) is 13.0 Å². The predicted molar refractivity (Wildman–Crippen MR) is 142 cm³/mol. The second-order valence-corrected chi connectivity index (χ2v) is 8.93. The predicted octanol–water partition coefficient (Wildman–Crippen LogP) is 5.64. The molecule has 4 aromatic rings. The van der Waals surface area contributed by atoms with Crippen molar-refractivity contribution in [2.24, 2.45) is 0 Å². The Balaban J connectivity index is 1.42. The molecule has 0 saturated carbocycles. The van der Waals surface area contributed by atoms with Crippen LogP contribution in [0.3, 0.4) is 0 Å². The number of nitrogens with one attached hydrogen (secondary N) is 2. The third-order valence-electron chi connectivity index (χ3n) is 6.16. The minimum Gasteiger partial charge on any atom is -0.490 e. The number of anilines is 3. The highest BCUT2D eigenvalue weighted by atomic mass is 35.5. The lowest BCUT2D eigenvalue weighted by Gasteiger charge is -2.12. The summed E-state index contributed by atoms with van der Waals surface area (Å²) in [7, 11) is 1.38. The van der Waals surface area contributed by atoms with Crippen molar-refractivity contribution in [3.63, 3.8) is 0 Å². The molecule has 1 aliphatic heterocycles. The Morgan fingerprint density at radius 2 is 1.70 bits per heavy atom. The van der Waals surface area contributed by atoms with E-state index in [-0.39, 0.29) is 22.9 Å². The number of nitro benzene ring substituents is 1. The van der Waals surface area contributed by atoms with Crippen molar-refractivity contribution in [2.75, 3.05) is 17.7 Å².